The Bertz CT molecular complexity index is 851. The van der Waals surface area contributed by atoms with Crippen molar-refractivity contribution in [2.75, 3.05) is 6.61 Å². The van der Waals surface area contributed by atoms with Crippen LogP contribution in [-0.4, -0.2) is 20.9 Å². The van der Waals surface area contributed by atoms with Gasteiger partial charge >= 0.3 is 0 Å². The number of ether oxygens (including phenoxy) is 1. The van der Waals surface area contributed by atoms with E-state index in [-0.39, 0.29) is 11.5 Å². The molecule has 25 heavy (non-hydrogen) atoms. The van der Waals surface area contributed by atoms with Crippen LogP contribution in [0.4, 0.5) is 0 Å². The van der Waals surface area contributed by atoms with E-state index in [9.17, 15) is 13.2 Å². The lowest BCUT2D eigenvalue weighted by Gasteiger charge is -2.11. The molecule has 1 amide bonds. The summed E-state index contributed by atoms with van der Waals surface area (Å²) in [7, 11) is -3.82. The molecule has 0 saturated carbocycles. The van der Waals surface area contributed by atoms with E-state index in [0.29, 0.717) is 5.75 Å². The maximum absolute atomic E-state index is 12.1. The van der Waals surface area contributed by atoms with Crippen molar-refractivity contribution in [3.63, 3.8) is 0 Å². The first-order valence-electron chi connectivity index (χ1n) is 7.60. The fourth-order valence-electron chi connectivity index (χ4n) is 1.96. The first-order chi connectivity index (χ1) is 11.8. The SMILES string of the molecule is CCc1ccc(OCC(=O)NNS(=O)(=O)c2ccc(C)cc2)c(Br)c1. The predicted molar refractivity (Wildman–Crippen MR) is 98.7 cm³/mol. The molecular formula is C17H19BrN2O4S. The molecule has 0 spiro atoms. The topological polar surface area (TPSA) is 84.5 Å². The largest absolute Gasteiger partial charge is 0.483 e. The molecule has 0 saturated heterocycles. The molecule has 6 nitrogen and oxygen atoms in total. The van der Waals surface area contributed by atoms with Crippen LogP contribution in [0.1, 0.15) is 18.1 Å². The Morgan fingerprint density at radius 1 is 1.16 bits per heavy atom. The molecule has 2 rings (SSSR count). The predicted octanol–water partition coefficient (Wildman–Crippen LogP) is 2.71. The highest BCUT2D eigenvalue weighted by Gasteiger charge is 2.15. The number of carbonyl (C=O) groups is 1. The van der Waals surface area contributed by atoms with Crippen molar-refractivity contribution in [2.24, 2.45) is 0 Å². The maximum atomic E-state index is 12.1. The second-order valence-electron chi connectivity index (χ2n) is 5.37. The summed E-state index contributed by atoms with van der Waals surface area (Å²) >= 11 is 3.38. The minimum Gasteiger partial charge on any atom is -0.483 e. The first-order valence-corrected chi connectivity index (χ1v) is 9.88. The summed E-state index contributed by atoms with van der Waals surface area (Å²) in [5.41, 5.74) is 4.21. The van der Waals surface area contributed by atoms with Crippen LogP contribution < -0.4 is 15.0 Å². The number of amides is 1. The Balaban J connectivity index is 1.89. The summed E-state index contributed by atoms with van der Waals surface area (Å²) in [4.78, 5) is 13.9. The highest BCUT2D eigenvalue weighted by Crippen LogP contribution is 2.26. The van der Waals surface area contributed by atoms with Gasteiger partial charge < -0.3 is 4.74 Å². The Morgan fingerprint density at radius 2 is 1.84 bits per heavy atom. The van der Waals surface area contributed by atoms with Gasteiger partial charge in [0.05, 0.1) is 9.37 Å². The summed E-state index contributed by atoms with van der Waals surface area (Å²) in [6.45, 7) is 3.57. The molecule has 2 aromatic carbocycles. The molecule has 0 aliphatic carbocycles. The van der Waals surface area contributed by atoms with E-state index in [0.717, 1.165) is 22.0 Å². The first kappa shape index (κ1) is 19.4. The summed E-state index contributed by atoms with van der Waals surface area (Å²) < 4.78 is 30.3. The van der Waals surface area contributed by atoms with E-state index in [2.05, 4.69) is 21.4 Å². The summed E-state index contributed by atoms with van der Waals surface area (Å²) in [6.07, 6.45) is 0.889. The number of hydrogen-bond acceptors (Lipinski definition) is 4. The summed E-state index contributed by atoms with van der Waals surface area (Å²) in [5, 5.41) is 0. The van der Waals surface area contributed by atoms with Crippen LogP contribution in [0.3, 0.4) is 0 Å². The Labute approximate surface area is 155 Å². The van der Waals surface area contributed by atoms with Gasteiger partial charge in [0, 0.05) is 0 Å². The number of halogens is 1. The molecule has 0 aromatic heterocycles. The quantitative estimate of drug-likeness (QED) is 0.666. The van der Waals surface area contributed by atoms with Crippen molar-refractivity contribution in [2.45, 2.75) is 25.2 Å². The summed E-state index contributed by atoms with van der Waals surface area (Å²) in [5.74, 6) is -0.101. The number of hydrogen-bond donors (Lipinski definition) is 2. The molecule has 134 valence electrons. The van der Waals surface area contributed by atoms with Gasteiger partial charge in [0.15, 0.2) is 6.61 Å². The average molecular weight is 427 g/mol. The zero-order valence-electron chi connectivity index (χ0n) is 13.9. The van der Waals surface area contributed by atoms with Crippen molar-refractivity contribution < 1.29 is 17.9 Å². The van der Waals surface area contributed by atoms with Crippen LogP contribution in [0.2, 0.25) is 0 Å². The normalized spacial score (nSPS) is 11.2. The number of aryl methyl sites for hydroxylation is 2. The second kappa shape index (κ2) is 8.46. The van der Waals surface area contributed by atoms with Gasteiger partial charge in [0.1, 0.15) is 5.75 Å². The molecule has 0 heterocycles. The molecule has 0 atom stereocenters. The Morgan fingerprint density at radius 3 is 2.44 bits per heavy atom. The van der Waals surface area contributed by atoms with Gasteiger partial charge in [-0.1, -0.05) is 30.7 Å². The molecule has 0 unspecified atom stereocenters. The highest BCUT2D eigenvalue weighted by molar-refractivity contribution is 9.10. The zero-order valence-corrected chi connectivity index (χ0v) is 16.3. The lowest BCUT2D eigenvalue weighted by atomic mass is 10.2. The molecule has 0 bridgehead atoms. The molecule has 8 heteroatoms. The number of carbonyl (C=O) groups excluding carboxylic acids is 1. The molecule has 2 N–H and O–H groups in total. The molecule has 0 fully saturated rings. The number of hydrazine groups is 1. The van der Waals surface area contributed by atoms with Crippen LogP contribution in [-0.2, 0) is 21.2 Å². The lowest BCUT2D eigenvalue weighted by Crippen LogP contribution is -2.43. The number of nitrogens with one attached hydrogen (secondary N) is 2. The van der Waals surface area contributed by atoms with E-state index < -0.39 is 15.9 Å². The maximum Gasteiger partial charge on any atom is 0.272 e. The minimum absolute atomic E-state index is 0.0669. The standard InChI is InChI=1S/C17H19BrN2O4S/c1-3-13-6-9-16(15(18)10-13)24-11-17(21)19-20-25(22,23)14-7-4-12(2)5-8-14/h4-10,20H,3,11H2,1-2H3,(H,19,21). The number of rotatable bonds is 7. The van der Waals surface area contributed by atoms with Gasteiger partial charge in [-0.25, -0.2) is 8.42 Å². The third-order valence-corrected chi connectivity index (χ3v) is 5.30. The van der Waals surface area contributed by atoms with E-state index in [1.54, 1.807) is 18.2 Å². The number of benzene rings is 2. The molecule has 0 aliphatic rings. The van der Waals surface area contributed by atoms with Crippen molar-refractivity contribution in [1.82, 2.24) is 10.3 Å². The van der Waals surface area contributed by atoms with Gasteiger partial charge in [-0.2, -0.15) is 0 Å². The molecule has 2 aromatic rings. The zero-order chi connectivity index (χ0) is 18.4. The fraction of sp³-hybridized carbons (Fsp3) is 0.235. The fourth-order valence-corrected chi connectivity index (χ4v) is 3.36. The molecule has 0 radical (unpaired) electrons. The number of sulfonamides is 1. The van der Waals surface area contributed by atoms with Gasteiger partial charge in [-0.05, 0) is 59.1 Å². The second-order valence-corrected chi connectivity index (χ2v) is 7.91. The van der Waals surface area contributed by atoms with Crippen molar-refractivity contribution in [1.29, 1.82) is 0 Å². The molecular weight excluding hydrogens is 408 g/mol. The van der Waals surface area contributed by atoms with Crippen LogP contribution >= 0.6 is 15.9 Å². The third-order valence-electron chi connectivity index (χ3n) is 3.42. The minimum atomic E-state index is -3.82. The highest BCUT2D eigenvalue weighted by atomic mass is 79.9. The van der Waals surface area contributed by atoms with E-state index in [1.807, 2.05) is 30.8 Å². The van der Waals surface area contributed by atoms with E-state index in [1.165, 1.54) is 12.1 Å². The average Bonchev–Trinajstić information content (AvgIpc) is 2.59. The van der Waals surface area contributed by atoms with Crippen molar-refractivity contribution in [3.8, 4) is 5.75 Å². The van der Waals surface area contributed by atoms with Crippen molar-refractivity contribution in [3.05, 3.63) is 58.1 Å². The Kier molecular flexibility index (Phi) is 6.57. The van der Waals surface area contributed by atoms with Gasteiger partial charge in [0.25, 0.3) is 15.9 Å². The summed E-state index contributed by atoms with van der Waals surface area (Å²) in [6, 6.07) is 11.9. The smallest absolute Gasteiger partial charge is 0.272 e. The third kappa shape index (κ3) is 5.55. The van der Waals surface area contributed by atoms with E-state index >= 15 is 0 Å². The lowest BCUT2D eigenvalue weighted by molar-refractivity contribution is -0.123. The van der Waals surface area contributed by atoms with Gasteiger partial charge in [-0.15, -0.1) is 4.83 Å². The van der Waals surface area contributed by atoms with Gasteiger partial charge in [-0.3, -0.25) is 10.2 Å². The van der Waals surface area contributed by atoms with Crippen LogP contribution in [0.25, 0.3) is 0 Å². The van der Waals surface area contributed by atoms with Crippen LogP contribution in [0, 0.1) is 6.92 Å². The van der Waals surface area contributed by atoms with Crippen molar-refractivity contribution >= 4 is 31.9 Å². The van der Waals surface area contributed by atoms with Gasteiger partial charge in [0.2, 0.25) is 0 Å². The molecule has 0 aliphatic heterocycles. The van der Waals surface area contributed by atoms with E-state index in [4.69, 9.17) is 4.74 Å². The monoisotopic (exact) mass is 426 g/mol. The Hall–Kier alpha value is -1.90. The van der Waals surface area contributed by atoms with Crippen LogP contribution in [0.15, 0.2) is 51.8 Å². The van der Waals surface area contributed by atoms with Crippen LogP contribution in [0.5, 0.6) is 5.75 Å².